The van der Waals surface area contributed by atoms with Crippen LogP contribution in [0.25, 0.3) is 0 Å². The maximum Gasteiger partial charge on any atom is 0.317 e. The molecule has 0 atom stereocenters. The fourth-order valence-electron chi connectivity index (χ4n) is 2.52. The van der Waals surface area contributed by atoms with Gasteiger partial charge in [-0.1, -0.05) is 0 Å². The number of anilines is 1. The van der Waals surface area contributed by atoms with Crippen molar-refractivity contribution in [2.75, 3.05) is 58.3 Å². The molecule has 1 saturated heterocycles. The van der Waals surface area contributed by atoms with Gasteiger partial charge in [-0.2, -0.15) is 0 Å². The normalized spacial score (nSPS) is 15.3. The Kier molecular flexibility index (Phi) is 6.00. The number of halogens is 1. The van der Waals surface area contributed by atoms with E-state index in [1.54, 1.807) is 12.1 Å². The molecule has 0 aromatic heterocycles. The summed E-state index contributed by atoms with van der Waals surface area (Å²) in [5, 5.41) is 2.96. The largest absolute Gasteiger partial charge is 0.368 e. The molecule has 2 rings (SSSR count). The number of nitrogens with one attached hydrogen (secondary N) is 1. The average Bonchev–Trinajstić information content (AvgIpc) is 2.52. The lowest BCUT2D eigenvalue weighted by Crippen LogP contribution is -2.52. The Morgan fingerprint density at radius 1 is 1.18 bits per heavy atom. The van der Waals surface area contributed by atoms with E-state index in [1.165, 1.54) is 12.1 Å². The lowest BCUT2D eigenvalue weighted by Gasteiger charge is -2.36. The van der Waals surface area contributed by atoms with E-state index in [-0.39, 0.29) is 11.8 Å². The topological polar surface area (TPSA) is 38.8 Å². The monoisotopic (exact) mass is 308 g/mol. The minimum Gasteiger partial charge on any atom is -0.368 e. The molecule has 1 aliphatic rings. The van der Waals surface area contributed by atoms with Gasteiger partial charge in [0, 0.05) is 38.4 Å². The van der Waals surface area contributed by atoms with E-state index in [4.69, 9.17) is 0 Å². The van der Waals surface area contributed by atoms with Gasteiger partial charge in [-0.05, 0) is 51.3 Å². The highest BCUT2D eigenvalue weighted by molar-refractivity contribution is 5.74. The zero-order valence-electron chi connectivity index (χ0n) is 13.4. The summed E-state index contributed by atoms with van der Waals surface area (Å²) in [6.45, 7) is 4.61. The Labute approximate surface area is 131 Å². The summed E-state index contributed by atoms with van der Waals surface area (Å²) in [5.74, 6) is -0.223. The fraction of sp³-hybridized carbons (Fsp3) is 0.562. The molecule has 0 unspecified atom stereocenters. The van der Waals surface area contributed by atoms with Gasteiger partial charge in [-0.15, -0.1) is 0 Å². The Balaban J connectivity index is 1.72. The van der Waals surface area contributed by atoms with Gasteiger partial charge in [-0.3, -0.25) is 0 Å². The molecule has 1 aromatic carbocycles. The minimum absolute atomic E-state index is 0.0116. The third-order valence-electron chi connectivity index (χ3n) is 3.82. The van der Waals surface area contributed by atoms with Gasteiger partial charge in [-0.25, -0.2) is 9.18 Å². The molecule has 1 N–H and O–H groups in total. The summed E-state index contributed by atoms with van der Waals surface area (Å²) in [5.41, 5.74) is 1.01. The number of urea groups is 1. The molecule has 0 saturated carbocycles. The molecule has 122 valence electrons. The maximum atomic E-state index is 12.9. The van der Waals surface area contributed by atoms with Crippen LogP contribution in [0.15, 0.2) is 24.3 Å². The van der Waals surface area contributed by atoms with Crippen molar-refractivity contribution in [1.82, 2.24) is 15.1 Å². The molecule has 0 radical (unpaired) electrons. The number of rotatable bonds is 5. The Morgan fingerprint density at radius 2 is 1.82 bits per heavy atom. The van der Waals surface area contributed by atoms with Crippen LogP contribution < -0.4 is 10.2 Å². The van der Waals surface area contributed by atoms with E-state index in [9.17, 15) is 9.18 Å². The van der Waals surface area contributed by atoms with Crippen LogP contribution in [0.3, 0.4) is 0 Å². The second-order valence-corrected chi connectivity index (χ2v) is 5.84. The van der Waals surface area contributed by atoms with E-state index in [2.05, 4.69) is 15.1 Å². The second-order valence-electron chi connectivity index (χ2n) is 5.84. The van der Waals surface area contributed by atoms with E-state index in [0.717, 1.165) is 31.7 Å². The van der Waals surface area contributed by atoms with Crippen molar-refractivity contribution in [1.29, 1.82) is 0 Å². The van der Waals surface area contributed by atoms with Crippen molar-refractivity contribution >= 4 is 11.7 Å². The summed E-state index contributed by atoms with van der Waals surface area (Å²) in [6, 6.07) is 6.52. The lowest BCUT2D eigenvalue weighted by molar-refractivity contribution is 0.194. The number of carbonyl (C=O) groups excluding carboxylic acids is 1. The van der Waals surface area contributed by atoms with Gasteiger partial charge < -0.3 is 20.0 Å². The number of piperazine rings is 1. The first-order valence-electron chi connectivity index (χ1n) is 7.74. The van der Waals surface area contributed by atoms with Crippen molar-refractivity contribution in [3.8, 4) is 0 Å². The molecule has 22 heavy (non-hydrogen) atoms. The van der Waals surface area contributed by atoms with Gasteiger partial charge >= 0.3 is 6.03 Å². The molecule has 6 heteroatoms. The Hall–Kier alpha value is -1.82. The third-order valence-corrected chi connectivity index (χ3v) is 3.82. The quantitative estimate of drug-likeness (QED) is 0.840. The van der Waals surface area contributed by atoms with Crippen LogP contribution in [0.2, 0.25) is 0 Å². The van der Waals surface area contributed by atoms with E-state index in [0.29, 0.717) is 19.6 Å². The number of nitrogens with zero attached hydrogens (tertiary/aromatic N) is 3. The second kappa shape index (κ2) is 7.98. The highest BCUT2D eigenvalue weighted by atomic mass is 19.1. The molecule has 2 amide bonds. The summed E-state index contributed by atoms with van der Waals surface area (Å²) in [7, 11) is 4.05. The highest BCUT2D eigenvalue weighted by Gasteiger charge is 2.20. The predicted octanol–water partition coefficient (Wildman–Crippen LogP) is 1.61. The van der Waals surface area contributed by atoms with E-state index < -0.39 is 0 Å². The van der Waals surface area contributed by atoms with Crippen LogP contribution in [0.4, 0.5) is 14.9 Å². The molecule has 0 aliphatic carbocycles. The third kappa shape index (κ3) is 4.87. The number of carbonyl (C=O) groups is 1. The van der Waals surface area contributed by atoms with Crippen LogP contribution in [0.5, 0.6) is 0 Å². The molecule has 0 spiro atoms. The van der Waals surface area contributed by atoms with Crippen molar-refractivity contribution in [3.05, 3.63) is 30.1 Å². The number of hydrogen-bond donors (Lipinski definition) is 1. The number of hydrogen-bond acceptors (Lipinski definition) is 3. The van der Waals surface area contributed by atoms with Crippen LogP contribution in [-0.4, -0.2) is 69.2 Å². The summed E-state index contributed by atoms with van der Waals surface area (Å²) in [6.07, 6.45) is 0.953. The predicted molar refractivity (Wildman–Crippen MR) is 86.8 cm³/mol. The van der Waals surface area contributed by atoms with Gasteiger partial charge in [0.1, 0.15) is 5.82 Å². The Morgan fingerprint density at radius 3 is 2.41 bits per heavy atom. The first-order chi connectivity index (χ1) is 10.6. The molecule has 5 nitrogen and oxygen atoms in total. The SMILES string of the molecule is CN(C)CCCNC(=O)N1CCN(c2ccc(F)cc2)CC1. The smallest absolute Gasteiger partial charge is 0.317 e. The summed E-state index contributed by atoms with van der Waals surface area (Å²) in [4.78, 5) is 18.2. The molecule has 0 bridgehead atoms. The molecule has 1 aliphatic heterocycles. The van der Waals surface area contributed by atoms with Crippen molar-refractivity contribution < 1.29 is 9.18 Å². The van der Waals surface area contributed by atoms with Crippen LogP contribution in [0.1, 0.15) is 6.42 Å². The first kappa shape index (κ1) is 16.5. The van der Waals surface area contributed by atoms with E-state index in [1.807, 2.05) is 19.0 Å². The van der Waals surface area contributed by atoms with Crippen LogP contribution >= 0.6 is 0 Å². The Bertz CT molecular complexity index is 470. The highest BCUT2D eigenvalue weighted by Crippen LogP contribution is 2.16. The standard InChI is InChI=1S/C16H25FN4O/c1-19(2)9-3-8-18-16(22)21-12-10-20(11-13-21)15-6-4-14(17)5-7-15/h4-7H,3,8-13H2,1-2H3,(H,18,22). The van der Waals surface area contributed by atoms with Gasteiger partial charge in [0.05, 0.1) is 0 Å². The number of amides is 2. The van der Waals surface area contributed by atoms with Gasteiger partial charge in [0.25, 0.3) is 0 Å². The molecule has 1 heterocycles. The zero-order chi connectivity index (χ0) is 15.9. The van der Waals surface area contributed by atoms with Crippen LogP contribution in [0, 0.1) is 5.82 Å². The van der Waals surface area contributed by atoms with Gasteiger partial charge in [0.15, 0.2) is 0 Å². The maximum absolute atomic E-state index is 12.9. The summed E-state index contributed by atoms with van der Waals surface area (Å²) < 4.78 is 12.9. The molecular formula is C16H25FN4O. The fourth-order valence-corrected chi connectivity index (χ4v) is 2.52. The lowest BCUT2D eigenvalue weighted by atomic mass is 10.2. The number of benzene rings is 1. The zero-order valence-corrected chi connectivity index (χ0v) is 13.4. The summed E-state index contributed by atoms with van der Waals surface area (Å²) >= 11 is 0. The molecule has 1 aromatic rings. The van der Waals surface area contributed by atoms with Crippen molar-refractivity contribution in [2.24, 2.45) is 0 Å². The first-order valence-corrected chi connectivity index (χ1v) is 7.74. The minimum atomic E-state index is -0.223. The van der Waals surface area contributed by atoms with Crippen molar-refractivity contribution in [3.63, 3.8) is 0 Å². The van der Waals surface area contributed by atoms with E-state index >= 15 is 0 Å². The molecule has 1 fully saturated rings. The van der Waals surface area contributed by atoms with Gasteiger partial charge in [0.2, 0.25) is 0 Å². The molecular weight excluding hydrogens is 283 g/mol. The van der Waals surface area contributed by atoms with Crippen molar-refractivity contribution in [2.45, 2.75) is 6.42 Å². The average molecular weight is 308 g/mol. The van der Waals surface area contributed by atoms with Crippen LogP contribution in [-0.2, 0) is 0 Å².